The molecular formula is C36H40ClF2N3O5Si. The van der Waals surface area contributed by atoms with Crippen LogP contribution in [0.25, 0.3) is 10.9 Å². The van der Waals surface area contributed by atoms with Crippen LogP contribution in [0, 0.1) is 11.6 Å². The van der Waals surface area contributed by atoms with Crippen molar-refractivity contribution >= 4 is 48.3 Å². The number of imide groups is 1. The normalized spacial score (nSPS) is 13.3. The first-order valence-electron chi connectivity index (χ1n) is 15.8. The summed E-state index contributed by atoms with van der Waals surface area (Å²) >= 11 is 5.95. The Labute approximate surface area is 285 Å². The minimum atomic E-state index is -2.71. The zero-order valence-electron chi connectivity index (χ0n) is 28.3. The molecule has 5 rings (SSSR count). The molecule has 1 aliphatic heterocycles. The molecule has 12 heteroatoms. The number of hydrogen-bond acceptors (Lipinski definition) is 7. The fourth-order valence-corrected chi connectivity index (χ4v) is 12.6. The van der Waals surface area contributed by atoms with Crippen LogP contribution in [0.1, 0.15) is 78.9 Å². The maximum atomic E-state index is 14.7. The van der Waals surface area contributed by atoms with Crippen LogP contribution in [-0.4, -0.2) is 44.2 Å². The molecule has 0 unspecified atom stereocenters. The van der Waals surface area contributed by atoms with Crippen molar-refractivity contribution in [2.24, 2.45) is 0 Å². The second-order valence-electron chi connectivity index (χ2n) is 13.1. The number of benzene rings is 3. The van der Waals surface area contributed by atoms with Gasteiger partial charge in [-0.15, -0.1) is 0 Å². The average molecular weight is 696 g/mol. The first-order valence-corrected chi connectivity index (χ1v) is 18.3. The summed E-state index contributed by atoms with van der Waals surface area (Å²) in [5.74, 6) is -1.51. The van der Waals surface area contributed by atoms with E-state index in [-0.39, 0.29) is 62.7 Å². The Balaban J connectivity index is 1.72. The molecular weight excluding hydrogens is 656 g/mol. The number of ether oxygens (including phenoxy) is 2. The number of hydrogen-bond donors (Lipinski definition) is 1. The van der Waals surface area contributed by atoms with Gasteiger partial charge in [0.1, 0.15) is 34.4 Å². The molecule has 8 nitrogen and oxygen atoms in total. The molecule has 0 bridgehead atoms. The van der Waals surface area contributed by atoms with Crippen LogP contribution in [0.3, 0.4) is 0 Å². The van der Waals surface area contributed by atoms with Crippen molar-refractivity contribution in [2.75, 3.05) is 20.0 Å². The third-order valence-electron chi connectivity index (χ3n) is 9.41. The van der Waals surface area contributed by atoms with Crippen molar-refractivity contribution < 1.29 is 32.3 Å². The number of anilines is 1. The number of nitrogen functional groups attached to an aromatic ring is 1. The Morgan fingerprint density at radius 3 is 2.12 bits per heavy atom. The lowest BCUT2D eigenvalue weighted by molar-refractivity contribution is 0.0641. The lowest BCUT2D eigenvalue weighted by atomic mass is 9.98. The number of fused-ring (bicyclic) bond motifs is 2. The van der Waals surface area contributed by atoms with E-state index in [1.54, 1.807) is 30.5 Å². The number of halogens is 3. The van der Waals surface area contributed by atoms with Crippen molar-refractivity contribution in [3.63, 3.8) is 0 Å². The molecule has 0 spiro atoms. The van der Waals surface area contributed by atoms with E-state index in [0.717, 1.165) is 11.0 Å². The van der Waals surface area contributed by atoms with E-state index in [0.29, 0.717) is 33.5 Å². The third kappa shape index (κ3) is 5.87. The number of pyridine rings is 1. The summed E-state index contributed by atoms with van der Waals surface area (Å²) in [5, 5.41) is 0.183. The quantitative estimate of drug-likeness (QED) is 0.0724. The summed E-state index contributed by atoms with van der Waals surface area (Å²) in [7, 11) is 0.326. The van der Waals surface area contributed by atoms with Crippen LogP contribution in [0.2, 0.25) is 21.6 Å². The molecule has 2 N–H and O–H groups in total. The highest BCUT2D eigenvalue weighted by molar-refractivity contribution is 6.78. The number of methoxy groups -OCH3 is 2. The number of carbonyl (C=O) groups excluding carboxylic acids is 2. The summed E-state index contributed by atoms with van der Waals surface area (Å²) in [6.45, 7) is 12.6. The van der Waals surface area contributed by atoms with E-state index in [2.05, 4.69) is 41.5 Å². The van der Waals surface area contributed by atoms with Crippen LogP contribution >= 0.6 is 11.6 Å². The predicted octanol–water partition coefficient (Wildman–Crippen LogP) is 8.71. The second-order valence-corrected chi connectivity index (χ2v) is 18.8. The molecule has 0 saturated carbocycles. The molecule has 2 heterocycles. The molecule has 48 heavy (non-hydrogen) atoms. The number of aromatic nitrogens is 1. The summed E-state index contributed by atoms with van der Waals surface area (Å²) in [5.41, 5.74) is 8.96. The van der Waals surface area contributed by atoms with E-state index >= 15 is 0 Å². The van der Waals surface area contributed by atoms with Gasteiger partial charge in [-0.1, -0.05) is 53.1 Å². The molecule has 0 radical (unpaired) electrons. The molecule has 254 valence electrons. The van der Waals surface area contributed by atoms with Gasteiger partial charge in [-0.25, -0.2) is 8.78 Å². The predicted molar refractivity (Wildman–Crippen MR) is 186 cm³/mol. The van der Waals surface area contributed by atoms with Gasteiger partial charge in [0.2, 0.25) is 0 Å². The van der Waals surface area contributed by atoms with Gasteiger partial charge in [-0.2, -0.15) is 0 Å². The molecule has 4 aromatic rings. The van der Waals surface area contributed by atoms with Crippen LogP contribution in [-0.2, 0) is 13.0 Å². The minimum absolute atomic E-state index is 0.0282. The van der Waals surface area contributed by atoms with Crippen LogP contribution in [0.4, 0.5) is 14.5 Å². The maximum absolute atomic E-state index is 14.7. The van der Waals surface area contributed by atoms with Crippen LogP contribution in [0.5, 0.6) is 17.2 Å². The lowest BCUT2D eigenvalue weighted by Gasteiger charge is -2.42. The van der Waals surface area contributed by atoms with Gasteiger partial charge >= 0.3 is 0 Å². The van der Waals surface area contributed by atoms with Gasteiger partial charge in [0, 0.05) is 35.7 Å². The largest absolute Gasteiger partial charge is 0.541 e. The van der Waals surface area contributed by atoms with Gasteiger partial charge in [0.25, 0.3) is 20.1 Å². The lowest BCUT2D eigenvalue weighted by Crippen LogP contribution is -2.51. The first-order chi connectivity index (χ1) is 22.7. The minimum Gasteiger partial charge on any atom is -0.541 e. The highest BCUT2D eigenvalue weighted by Gasteiger charge is 2.50. The Morgan fingerprint density at radius 2 is 1.52 bits per heavy atom. The molecule has 0 saturated heterocycles. The smallest absolute Gasteiger partial charge is 0.265 e. The topological polar surface area (TPSA) is 104 Å². The van der Waals surface area contributed by atoms with E-state index < -0.39 is 31.8 Å². The van der Waals surface area contributed by atoms with Gasteiger partial charge < -0.3 is 19.6 Å². The van der Waals surface area contributed by atoms with E-state index in [9.17, 15) is 18.4 Å². The maximum Gasteiger partial charge on any atom is 0.265 e. The van der Waals surface area contributed by atoms with E-state index in [1.807, 2.05) is 0 Å². The van der Waals surface area contributed by atoms with Crippen molar-refractivity contribution in [1.29, 1.82) is 0 Å². The summed E-state index contributed by atoms with van der Waals surface area (Å²) < 4.78 is 46.6. The van der Waals surface area contributed by atoms with Crippen LogP contribution in [0.15, 0.2) is 42.6 Å². The fraction of sp³-hybridized carbons (Fsp3) is 0.361. The van der Waals surface area contributed by atoms with Crippen molar-refractivity contribution in [3.05, 3.63) is 87.1 Å². The Morgan fingerprint density at radius 1 is 0.875 bits per heavy atom. The molecule has 2 amide bonds. The highest BCUT2D eigenvalue weighted by atomic mass is 35.5. The number of nitrogens with zero attached hydrogens (tertiary/aromatic N) is 2. The molecule has 0 aliphatic carbocycles. The number of amides is 2. The van der Waals surface area contributed by atoms with Crippen LogP contribution < -0.4 is 19.6 Å². The van der Waals surface area contributed by atoms with Gasteiger partial charge in [-0.05, 0) is 52.0 Å². The second kappa shape index (κ2) is 13.4. The van der Waals surface area contributed by atoms with Gasteiger partial charge in [0.05, 0.1) is 42.6 Å². The van der Waals surface area contributed by atoms with E-state index in [1.165, 1.54) is 20.3 Å². The average Bonchev–Trinajstić information content (AvgIpc) is 3.28. The summed E-state index contributed by atoms with van der Waals surface area (Å²) in [4.78, 5) is 34.4. The molecule has 0 fully saturated rings. The molecule has 1 aliphatic rings. The number of carbonyl (C=O) groups is 2. The van der Waals surface area contributed by atoms with Crippen molar-refractivity contribution in [1.82, 2.24) is 9.88 Å². The molecule has 3 aromatic carbocycles. The van der Waals surface area contributed by atoms with Crippen molar-refractivity contribution in [3.8, 4) is 17.2 Å². The Bertz CT molecular complexity index is 1910. The standard InChI is InChI=1S/C36H40ClF2N3O5Si/c1-18(2)48(19(3)4,20(5)6)47-34-31-30(35(43)42(36(31)44)17-22-9-10-24(45-7)14-29(22)46-8)32(40)25-12-21(16-41-33(25)34)11-23-13-26(37)28(39)15-27(23)38/h9-10,12-16,18-20H,11,17,40H2,1-8H3. The zero-order valence-corrected chi connectivity index (χ0v) is 30.1. The monoisotopic (exact) mass is 695 g/mol. The Hall–Kier alpha value is -4.22. The first kappa shape index (κ1) is 35.1. The van der Waals surface area contributed by atoms with Gasteiger partial charge in [-0.3, -0.25) is 19.5 Å². The Kier molecular flexibility index (Phi) is 9.76. The fourth-order valence-electron chi connectivity index (χ4n) is 7.13. The van der Waals surface area contributed by atoms with E-state index in [4.69, 9.17) is 36.2 Å². The summed E-state index contributed by atoms with van der Waals surface area (Å²) in [6, 6.07) is 8.83. The number of nitrogens with two attached hydrogens (primary N) is 1. The SMILES string of the molecule is COc1ccc(CN2C(=O)c3c(c(O[Si](C(C)C)(C(C)C)C(C)C)c4ncc(Cc5cc(Cl)c(F)cc5F)cc4c3N)C2=O)c(OC)c1. The number of rotatable bonds is 11. The summed E-state index contributed by atoms with van der Waals surface area (Å²) in [6.07, 6.45) is 1.57. The third-order valence-corrected chi connectivity index (χ3v) is 15.7. The molecule has 1 aromatic heterocycles. The molecule has 0 atom stereocenters. The highest BCUT2D eigenvalue weighted by Crippen LogP contribution is 2.49. The van der Waals surface area contributed by atoms with Crippen molar-refractivity contribution in [2.45, 2.75) is 71.1 Å². The van der Waals surface area contributed by atoms with Gasteiger partial charge in [0.15, 0.2) is 0 Å². The zero-order chi connectivity index (χ0) is 35.2.